The highest BCUT2D eigenvalue weighted by Gasteiger charge is 2.27. The van der Waals surface area contributed by atoms with E-state index >= 15 is 0 Å². The van der Waals surface area contributed by atoms with Crippen LogP contribution in [-0.4, -0.2) is 54.7 Å². The fraction of sp³-hybridized carbons (Fsp3) is 0.652. The molecule has 2 rings (SSSR count). The number of hydrogen-bond donors (Lipinski definition) is 1. The van der Waals surface area contributed by atoms with Crippen LogP contribution in [0.5, 0.6) is 0 Å². The average molecular weight is 439 g/mol. The summed E-state index contributed by atoms with van der Waals surface area (Å²) in [4.78, 5) is 26.6. The van der Waals surface area contributed by atoms with Crippen LogP contribution in [0.1, 0.15) is 57.6 Å². The normalized spacial score (nSPS) is 16.9. The molecule has 1 aromatic carbocycles. The second-order valence-corrected chi connectivity index (χ2v) is 9.41. The van der Waals surface area contributed by atoms with Crippen LogP contribution in [0.4, 0.5) is 0 Å². The third-order valence-corrected chi connectivity index (χ3v) is 5.62. The summed E-state index contributed by atoms with van der Waals surface area (Å²) in [6.45, 7) is 10.3. The summed E-state index contributed by atoms with van der Waals surface area (Å²) in [5.74, 6) is -0.635. The summed E-state index contributed by atoms with van der Waals surface area (Å²) in [6, 6.07) is 5.88. The molecule has 0 spiro atoms. The van der Waals surface area contributed by atoms with Crippen molar-refractivity contribution in [3.8, 4) is 0 Å². The second kappa shape index (κ2) is 11.1. The first-order chi connectivity index (χ1) is 14.1. The Labute approximate surface area is 185 Å². The van der Waals surface area contributed by atoms with Crippen molar-refractivity contribution in [1.82, 2.24) is 10.2 Å². The van der Waals surface area contributed by atoms with E-state index in [0.717, 1.165) is 43.1 Å². The zero-order chi connectivity index (χ0) is 22.3. The fourth-order valence-electron chi connectivity index (χ4n) is 3.67. The minimum atomic E-state index is -0.527. The maximum absolute atomic E-state index is 12.2. The van der Waals surface area contributed by atoms with E-state index in [1.165, 1.54) is 12.7 Å². The Morgan fingerprint density at radius 2 is 1.93 bits per heavy atom. The second-order valence-electron chi connectivity index (χ2n) is 9.00. The molecule has 168 valence electrons. The summed E-state index contributed by atoms with van der Waals surface area (Å²) in [5, 5.41) is 4.19. The van der Waals surface area contributed by atoms with Gasteiger partial charge in [-0.15, -0.1) is 0 Å². The number of ether oxygens (including phenoxy) is 2. The number of hydrogen-bond acceptors (Lipinski definition) is 6. The highest BCUT2D eigenvalue weighted by atomic mass is 35.5. The first kappa shape index (κ1) is 24.6. The summed E-state index contributed by atoms with van der Waals surface area (Å²) >= 11 is 6.12. The van der Waals surface area contributed by atoms with E-state index in [1.807, 2.05) is 33.8 Å². The molecular formula is C23H35ClN2O4. The largest absolute Gasteiger partial charge is 0.468 e. The maximum atomic E-state index is 12.2. The van der Waals surface area contributed by atoms with Gasteiger partial charge in [-0.3, -0.25) is 14.5 Å². The highest BCUT2D eigenvalue weighted by Crippen LogP contribution is 2.20. The maximum Gasteiger partial charge on any atom is 0.322 e. The van der Waals surface area contributed by atoms with Crippen LogP contribution < -0.4 is 5.32 Å². The molecule has 7 heteroatoms. The predicted octanol–water partition coefficient (Wildman–Crippen LogP) is 3.87. The summed E-state index contributed by atoms with van der Waals surface area (Å²) < 4.78 is 10.3. The van der Waals surface area contributed by atoms with Crippen LogP contribution in [-0.2, 0) is 25.6 Å². The molecule has 1 N–H and O–H groups in total. The van der Waals surface area contributed by atoms with Crippen molar-refractivity contribution in [2.24, 2.45) is 0 Å². The monoisotopic (exact) mass is 438 g/mol. The van der Waals surface area contributed by atoms with Gasteiger partial charge >= 0.3 is 11.9 Å². The van der Waals surface area contributed by atoms with E-state index in [4.69, 9.17) is 21.1 Å². The summed E-state index contributed by atoms with van der Waals surface area (Å²) in [6.07, 6.45) is 2.42. The molecule has 6 nitrogen and oxygen atoms in total. The van der Waals surface area contributed by atoms with Crippen LogP contribution >= 0.6 is 11.6 Å². The molecule has 0 saturated carbocycles. The van der Waals surface area contributed by atoms with Gasteiger partial charge in [0, 0.05) is 24.0 Å². The molecule has 1 saturated heterocycles. The Kier molecular flexibility index (Phi) is 9.13. The molecule has 0 bridgehead atoms. The number of carbonyl (C=O) groups excluding carboxylic acids is 2. The van der Waals surface area contributed by atoms with Crippen LogP contribution in [0.25, 0.3) is 0 Å². The van der Waals surface area contributed by atoms with E-state index in [0.29, 0.717) is 6.42 Å². The molecule has 0 amide bonds. The van der Waals surface area contributed by atoms with E-state index in [1.54, 1.807) is 0 Å². The standard InChI is InChI=1S/C23H35ClN2O4/c1-16-14-17(6-7-19(16)24)15-26-12-10-18(11-13-26)25-20(22(28)29-5)8-9-21(27)30-23(2,3)4/h6-7,14,18,20,25H,8-13,15H2,1-5H3. The van der Waals surface area contributed by atoms with Crippen molar-refractivity contribution in [2.45, 2.75) is 77.6 Å². The molecule has 1 unspecified atom stereocenters. The minimum Gasteiger partial charge on any atom is -0.468 e. The van der Waals surface area contributed by atoms with Crippen molar-refractivity contribution >= 4 is 23.5 Å². The van der Waals surface area contributed by atoms with Crippen LogP contribution in [0.15, 0.2) is 18.2 Å². The SMILES string of the molecule is COC(=O)C(CCC(=O)OC(C)(C)C)NC1CCN(Cc2ccc(Cl)c(C)c2)CC1. The number of halogens is 1. The number of rotatable bonds is 8. The number of methoxy groups -OCH3 is 1. The van der Waals surface area contributed by atoms with E-state index in [-0.39, 0.29) is 24.4 Å². The van der Waals surface area contributed by atoms with E-state index < -0.39 is 11.6 Å². The molecule has 1 fully saturated rings. The minimum absolute atomic E-state index is 0.179. The quantitative estimate of drug-likeness (QED) is 0.621. The van der Waals surface area contributed by atoms with Crippen molar-refractivity contribution < 1.29 is 19.1 Å². The van der Waals surface area contributed by atoms with Gasteiger partial charge in [-0.25, -0.2) is 0 Å². The molecule has 0 radical (unpaired) electrons. The van der Waals surface area contributed by atoms with Gasteiger partial charge in [-0.2, -0.15) is 0 Å². The van der Waals surface area contributed by atoms with Gasteiger partial charge in [0.1, 0.15) is 11.6 Å². The van der Waals surface area contributed by atoms with Gasteiger partial charge in [-0.05, 0) is 77.2 Å². The van der Waals surface area contributed by atoms with Gasteiger partial charge in [0.25, 0.3) is 0 Å². The molecule has 0 aliphatic carbocycles. The van der Waals surface area contributed by atoms with Crippen LogP contribution in [0.3, 0.4) is 0 Å². The predicted molar refractivity (Wildman–Crippen MR) is 119 cm³/mol. The fourth-order valence-corrected chi connectivity index (χ4v) is 3.79. The third-order valence-electron chi connectivity index (χ3n) is 5.20. The lowest BCUT2D eigenvalue weighted by atomic mass is 10.0. The Bertz CT molecular complexity index is 724. The van der Waals surface area contributed by atoms with Crippen molar-refractivity contribution in [1.29, 1.82) is 0 Å². The number of esters is 2. The average Bonchev–Trinajstić information content (AvgIpc) is 2.67. The van der Waals surface area contributed by atoms with Crippen molar-refractivity contribution in [3.05, 3.63) is 34.3 Å². The van der Waals surface area contributed by atoms with Crippen LogP contribution in [0, 0.1) is 6.92 Å². The van der Waals surface area contributed by atoms with E-state index in [2.05, 4.69) is 22.3 Å². The number of piperidine rings is 1. The molecule has 1 heterocycles. The third kappa shape index (κ3) is 8.25. The van der Waals surface area contributed by atoms with Gasteiger partial charge in [0.05, 0.1) is 7.11 Å². The number of nitrogens with zero attached hydrogens (tertiary/aromatic N) is 1. The highest BCUT2D eigenvalue weighted by molar-refractivity contribution is 6.31. The summed E-state index contributed by atoms with van der Waals surface area (Å²) in [5.41, 5.74) is 1.82. The molecule has 0 aromatic heterocycles. The van der Waals surface area contributed by atoms with Crippen molar-refractivity contribution in [2.75, 3.05) is 20.2 Å². The number of nitrogens with one attached hydrogen (secondary N) is 1. The lowest BCUT2D eigenvalue weighted by Gasteiger charge is -2.34. The zero-order valence-electron chi connectivity index (χ0n) is 18.8. The van der Waals surface area contributed by atoms with E-state index in [9.17, 15) is 9.59 Å². The Hall–Kier alpha value is -1.63. The molecule has 1 aromatic rings. The number of benzene rings is 1. The number of aryl methyl sites for hydroxylation is 1. The zero-order valence-corrected chi connectivity index (χ0v) is 19.6. The molecule has 30 heavy (non-hydrogen) atoms. The topological polar surface area (TPSA) is 67.9 Å². The molecule has 1 aliphatic rings. The number of likely N-dealkylation sites (tertiary alicyclic amines) is 1. The lowest BCUT2D eigenvalue weighted by molar-refractivity contribution is -0.155. The van der Waals surface area contributed by atoms with Gasteiger partial charge in [0.2, 0.25) is 0 Å². The first-order valence-electron chi connectivity index (χ1n) is 10.6. The smallest absolute Gasteiger partial charge is 0.322 e. The van der Waals surface area contributed by atoms with Gasteiger partial charge in [-0.1, -0.05) is 23.7 Å². The summed E-state index contributed by atoms with van der Waals surface area (Å²) in [7, 11) is 1.38. The lowest BCUT2D eigenvalue weighted by Crippen LogP contribution is -2.49. The van der Waals surface area contributed by atoms with Crippen LogP contribution in [0.2, 0.25) is 5.02 Å². The first-order valence-corrected chi connectivity index (χ1v) is 11.0. The molecule has 1 aliphatic heterocycles. The van der Waals surface area contributed by atoms with Crippen molar-refractivity contribution in [3.63, 3.8) is 0 Å². The molecular weight excluding hydrogens is 404 g/mol. The number of carbonyl (C=O) groups is 2. The van der Waals surface area contributed by atoms with Gasteiger partial charge in [0.15, 0.2) is 0 Å². The van der Waals surface area contributed by atoms with Gasteiger partial charge < -0.3 is 14.8 Å². The Morgan fingerprint density at radius 1 is 1.27 bits per heavy atom. The Balaban J connectivity index is 1.82. The Morgan fingerprint density at radius 3 is 2.50 bits per heavy atom. The molecule has 1 atom stereocenters.